The zero-order valence-electron chi connectivity index (χ0n) is 16.6. The third-order valence-corrected chi connectivity index (χ3v) is 8.70. The van der Waals surface area contributed by atoms with E-state index in [0.717, 1.165) is 44.0 Å². The summed E-state index contributed by atoms with van der Waals surface area (Å²) in [7, 11) is 0. The van der Waals surface area contributed by atoms with E-state index in [4.69, 9.17) is 4.74 Å². The predicted octanol–water partition coefficient (Wildman–Crippen LogP) is 5.01. The molecule has 0 radical (unpaired) electrons. The molecular formula is C23H32O3. The summed E-state index contributed by atoms with van der Waals surface area (Å²) in [5.74, 6) is 1.84. The van der Waals surface area contributed by atoms with Gasteiger partial charge in [-0.2, -0.15) is 0 Å². The molecule has 0 heterocycles. The highest BCUT2D eigenvalue weighted by atomic mass is 16.5. The van der Waals surface area contributed by atoms with Gasteiger partial charge >= 0.3 is 5.97 Å². The van der Waals surface area contributed by atoms with Gasteiger partial charge in [0.1, 0.15) is 12.4 Å². The molecule has 0 spiro atoms. The van der Waals surface area contributed by atoms with E-state index in [1.165, 1.54) is 30.9 Å². The first-order valence-corrected chi connectivity index (χ1v) is 10.3. The van der Waals surface area contributed by atoms with Crippen LogP contribution in [-0.2, 0) is 14.3 Å². The number of carbonyl (C=O) groups is 2. The lowest BCUT2D eigenvalue weighted by Crippen LogP contribution is -2.50. The van der Waals surface area contributed by atoms with Crippen molar-refractivity contribution in [1.82, 2.24) is 0 Å². The molecule has 4 rings (SSSR count). The third kappa shape index (κ3) is 2.46. The molecule has 0 aromatic heterocycles. The molecule has 6 atom stereocenters. The van der Waals surface area contributed by atoms with Crippen LogP contribution in [0.25, 0.3) is 0 Å². The summed E-state index contributed by atoms with van der Waals surface area (Å²) in [4.78, 5) is 22.9. The van der Waals surface area contributed by atoms with Crippen molar-refractivity contribution in [3.8, 4) is 0 Å². The Bertz CT molecular complexity index is 702. The van der Waals surface area contributed by atoms with Crippen LogP contribution in [0.4, 0.5) is 0 Å². The number of fused-ring (bicyclic) bond motifs is 5. The van der Waals surface area contributed by atoms with Crippen LogP contribution in [0.5, 0.6) is 0 Å². The van der Waals surface area contributed by atoms with Crippen molar-refractivity contribution >= 4 is 12.3 Å². The van der Waals surface area contributed by atoms with Gasteiger partial charge in [-0.1, -0.05) is 31.1 Å². The van der Waals surface area contributed by atoms with Gasteiger partial charge < -0.3 is 4.74 Å². The predicted molar refractivity (Wildman–Crippen MR) is 101 cm³/mol. The number of ether oxygens (including phenoxy) is 1. The minimum absolute atomic E-state index is 0.0642. The minimum atomic E-state index is -0.157. The molecule has 0 aromatic carbocycles. The van der Waals surface area contributed by atoms with Gasteiger partial charge in [-0.25, -0.2) is 0 Å². The van der Waals surface area contributed by atoms with Crippen molar-refractivity contribution in [2.75, 3.05) is 0 Å². The van der Waals surface area contributed by atoms with Gasteiger partial charge in [0.05, 0.1) is 0 Å². The average Bonchev–Trinajstić information content (AvgIpc) is 2.86. The molecule has 3 nitrogen and oxygen atoms in total. The second kappa shape index (κ2) is 6.07. The van der Waals surface area contributed by atoms with E-state index in [-0.39, 0.29) is 22.9 Å². The highest BCUT2D eigenvalue weighted by molar-refractivity contribution is 5.76. The summed E-state index contributed by atoms with van der Waals surface area (Å²) in [6.45, 7) is 8.57. The van der Waals surface area contributed by atoms with Crippen LogP contribution in [0, 0.1) is 28.6 Å². The van der Waals surface area contributed by atoms with E-state index in [2.05, 4.69) is 26.8 Å². The normalized spacial score (nSPS) is 44.5. The van der Waals surface area contributed by atoms with Crippen molar-refractivity contribution in [3.63, 3.8) is 0 Å². The number of hydrogen-bond acceptors (Lipinski definition) is 3. The molecule has 142 valence electrons. The van der Waals surface area contributed by atoms with Gasteiger partial charge in [-0.15, -0.1) is 0 Å². The second-order valence-electron chi connectivity index (χ2n) is 9.66. The van der Waals surface area contributed by atoms with Gasteiger partial charge in [-0.3, -0.25) is 9.59 Å². The summed E-state index contributed by atoms with van der Waals surface area (Å²) >= 11 is 0. The zero-order chi connectivity index (χ0) is 18.7. The maximum absolute atomic E-state index is 11.6. The van der Waals surface area contributed by atoms with E-state index in [9.17, 15) is 9.59 Å². The lowest BCUT2D eigenvalue weighted by molar-refractivity contribution is -0.148. The molecule has 3 heteroatoms. The molecule has 4 aliphatic carbocycles. The van der Waals surface area contributed by atoms with E-state index in [1.54, 1.807) is 0 Å². The van der Waals surface area contributed by atoms with Crippen LogP contribution in [0.2, 0.25) is 0 Å². The largest absolute Gasteiger partial charge is 0.462 e. The van der Waals surface area contributed by atoms with Crippen molar-refractivity contribution in [3.05, 3.63) is 22.8 Å². The maximum Gasteiger partial charge on any atom is 0.302 e. The molecule has 0 saturated heterocycles. The van der Waals surface area contributed by atoms with Gasteiger partial charge in [-0.05, 0) is 79.6 Å². The van der Waals surface area contributed by atoms with Crippen LogP contribution >= 0.6 is 0 Å². The molecule has 2 saturated carbocycles. The molecule has 0 amide bonds. The average molecular weight is 357 g/mol. The molecule has 26 heavy (non-hydrogen) atoms. The third-order valence-electron chi connectivity index (χ3n) is 8.70. The summed E-state index contributed by atoms with van der Waals surface area (Å²) in [6, 6.07) is 0. The first kappa shape index (κ1) is 18.0. The number of rotatable bonds is 2. The fraction of sp³-hybridized carbons (Fsp3) is 0.739. The summed E-state index contributed by atoms with van der Waals surface area (Å²) < 4.78 is 5.52. The number of carbonyl (C=O) groups excluding carboxylic acids is 2. The first-order chi connectivity index (χ1) is 12.3. The van der Waals surface area contributed by atoms with E-state index >= 15 is 0 Å². The fourth-order valence-electron chi connectivity index (χ4n) is 7.02. The number of hydrogen-bond donors (Lipinski definition) is 0. The molecule has 4 aliphatic rings. The van der Waals surface area contributed by atoms with Crippen LogP contribution in [0.3, 0.4) is 0 Å². The molecule has 0 N–H and O–H groups in total. The Hall–Kier alpha value is -1.38. The molecule has 0 bridgehead atoms. The Labute approximate surface area is 157 Å². The molecule has 0 aliphatic heterocycles. The minimum Gasteiger partial charge on any atom is -0.462 e. The Kier molecular flexibility index (Phi) is 4.20. The van der Waals surface area contributed by atoms with Crippen LogP contribution in [0.1, 0.15) is 72.6 Å². The summed E-state index contributed by atoms with van der Waals surface area (Å²) in [5, 5.41) is 0. The zero-order valence-corrected chi connectivity index (χ0v) is 16.6. The van der Waals surface area contributed by atoms with E-state index in [1.807, 2.05) is 0 Å². The Morgan fingerprint density at radius 2 is 1.88 bits per heavy atom. The Morgan fingerprint density at radius 3 is 2.58 bits per heavy atom. The quantitative estimate of drug-likeness (QED) is 0.397. The Morgan fingerprint density at radius 1 is 1.15 bits per heavy atom. The number of allylic oxidation sites excluding steroid dienone is 3. The van der Waals surface area contributed by atoms with Gasteiger partial charge in [0.2, 0.25) is 0 Å². The molecular weight excluding hydrogens is 324 g/mol. The lowest BCUT2D eigenvalue weighted by Gasteiger charge is -2.57. The highest BCUT2D eigenvalue weighted by Gasteiger charge is 2.57. The first-order valence-electron chi connectivity index (χ1n) is 10.3. The number of aldehydes is 1. The van der Waals surface area contributed by atoms with Crippen molar-refractivity contribution in [2.24, 2.45) is 28.6 Å². The van der Waals surface area contributed by atoms with Gasteiger partial charge in [0, 0.05) is 13.3 Å². The molecule has 6 unspecified atom stereocenters. The van der Waals surface area contributed by atoms with Crippen LogP contribution < -0.4 is 0 Å². The van der Waals surface area contributed by atoms with E-state index in [0.29, 0.717) is 17.8 Å². The van der Waals surface area contributed by atoms with E-state index < -0.39 is 0 Å². The number of esters is 1. The summed E-state index contributed by atoms with van der Waals surface area (Å²) in [6.07, 6.45) is 11.2. The smallest absolute Gasteiger partial charge is 0.302 e. The van der Waals surface area contributed by atoms with Crippen LogP contribution in [-0.4, -0.2) is 18.4 Å². The van der Waals surface area contributed by atoms with Crippen molar-refractivity contribution < 1.29 is 14.3 Å². The lowest BCUT2D eigenvalue weighted by atomic mass is 9.47. The van der Waals surface area contributed by atoms with Crippen LogP contribution in [0.15, 0.2) is 22.8 Å². The topological polar surface area (TPSA) is 43.4 Å². The standard InChI is InChI=1S/C23H32O3/c1-14-16(13-24)11-21-19-6-5-17-12-18(26-15(2)25)7-9-23(17,4)20(19)8-10-22(14,21)3/h5,13,18-21H,6-12H2,1-4H3. The fourth-order valence-corrected chi connectivity index (χ4v) is 7.02. The van der Waals surface area contributed by atoms with Gasteiger partial charge in [0.15, 0.2) is 0 Å². The maximum atomic E-state index is 11.6. The SMILES string of the molecule is CC(=O)OC1CCC2(C)C(=CCC3C2CCC2(C)C(C)=C(C=O)CC32)C1. The van der Waals surface area contributed by atoms with Crippen molar-refractivity contribution in [1.29, 1.82) is 0 Å². The molecule has 0 aromatic rings. The highest BCUT2D eigenvalue weighted by Crippen LogP contribution is 2.65. The molecule has 2 fully saturated rings. The van der Waals surface area contributed by atoms with Crippen molar-refractivity contribution in [2.45, 2.75) is 78.7 Å². The Balaban J connectivity index is 1.61. The monoisotopic (exact) mass is 356 g/mol. The second-order valence-corrected chi connectivity index (χ2v) is 9.66. The summed E-state index contributed by atoms with van der Waals surface area (Å²) in [5.41, 5.74) is 4.41. The van der Waals surface area contributed by atoms with Gasteiger partial charge in [0.25, 0.3) is 0 Å².